The molecule has 0 aliphatic carbocycles. The Kier molecular flexibility index (Phi) is 3.85. The van der Waals surface area contributed by atoms with Crippen molar-refractivity contribution in [1.82, 2.24) is 4.57 Å². The Balaban J connectivity index is 2.04. The number of likely N-dealkylation sites (N-methyl/N-ethyl adjacent to an activating group) is 1. The van der Waals surface area contributed by atoms with Crippen LogP contribution in [0.5, 0.6) is 0 Å². The summed E-state index contributed by atoms with van der Waals surface area (Å²) in [5.74, 6) is -0.260. The van der Waals surface area contributed by atoms with Crippen molar-refractivity contribution in [1.29, 1.82) is 0 Å². The number of aromatic nitrogens is 1. The molecule has 0 bridgehead atoms. The molecule has 1 heterocycles. The number of anilines is 2. The van der Waals surface area contributed by atoms with Crippen molar-refractivity contribution in [3.63, 3.8) is 0 Å². The zero-order chi connectivity index (χ0) is 13.8. The van der Waals surface area contributed by atoms with Gasteiger partial charge in [0.05, 0.1) is 0 Å². The minimum atomic E-state index is -0.260. The van der Waals surface area contributed by atoms with Crippen LogP contribution in [0.15, 0.2) is 47.4 Å². The van der Waals surface area contributed by atoms with Gasteiger partial charge in [-0.3, -0.25) is 4.79 Å². The van der Waals surface area contributed by atoms with Gasteiger partial charge in [0.25, 0.3) is 5.56 Å². The maximum absolute atomic E-state index is 12.8. The first kappa shape index (κ1) is 13.1. The first-order chi connectivity index (χ1) is 9.06. The zero-order valence-corrected chi connectivity index (χ0v) is 10.7. The number of hydrogen-bond acceptors (Lipinski definition) is 3. The van der Waals surface area contributed by atoms with E-state index < -0.39 is 0 Å². The topological polar surface area (TPSA) is 51.3 Å². The van der Waals surface area contributed by atoms with Gasteiger partial charge in [-0.2, -0.15) is 0 Å². The monoisotopic (exact) mass is 261 g/mol. The number of halogens is 1. The molecule has 0 radical (unpaired) electrons. The van der Waals surface area contributed by atoms with Crippen molar-refractivity contribution in [3.8, 4) is 0 Å². The number of nitrogens with zero attached hydrogens (tertiary/aromatic N) is 2. The van der Waals surface area contributed by atoms with Crippen LogP contribution in [0, 0.1) is 5.82 Å². The highest BCUT2D eigenvalue weighted by molar-refractivity contribution is 5.45. The van der Waals surface area contributed by atoms with Crippen molar-refractivity contribution in [2.24, 2.45) is 0 Å². The molecule has 100 valence electrons. The van der Waals surface area contributed by atoms with Crippen LogP contribution in [0.1, 0.15) is 0 Å². The van der Waals surface area contributed by atoms with Crippen molar-refractivity contribution in [2.75, 3.05) is 24.2 Å². The average molecular weight is 261 g/mol. The minimum Gasteiger partial charge on any atom is -0.398 e. The maximum atomic E-state index is 12.8. The second-order valence-electron chi connectivity index (χ2n) is 4.39. The van der Waals surface area contributed by atoms with Crippen LogP contribution in [0.25, 0.3) is 0 Å². The van der Waals surface area contributed by atoms with Gasteiger partial charge in [0.2, 0.25) is 0 Å². The molecular weight excluding hydrogens is 245 g/mol. The zero-order valence-electron chi connectivity index (χ0n) is 10.7. The summed E-state index contributed by atoms with van der Waals surface area (Å²) in [5.41, 5.74) is 7.03. The normalized spacial score (nSPS) is 10.4. The van der Waals surface area contributed by atoms with Crippen LogP contribution < -0.4 is 16.2 Å². The molecule has 1 aromatic heterocycles. The minimum absolute atomic E-state index is 0.0818. The molecule has 0 fully saturated rings. The van der Waals surface area contributed by atoms with Crippen LogP contribution in [0.4, 0.5) is 15.8 Å². The number of nitrogen functional groups attached to an aromatic ring is 1. The van der Waals surface area contributed by atoms with Crippen LogP contribution in [-0.4, -0.2) is 18.2 Å². The van der Waals surface area contributed by atoms with Crippen molar-refractivity contribution in [2.45, 2.75) is 6.54 Å². The van der Waals surface area contributed by atoms with Gasteiger partial charge in [0.15, 0.2) is 0 Å². The summed E-state index contributed by atoms with van der Waals surface area (Å²) in [6.07, 6.45) is 1.63. The molecule has 0 spiro atoms. The molecule has 0 saturated heterocycles. The molecule has 0 aliphatic rings. The van der Waals surface area contributed by atoms with Crippen molar-refractivity contribution < 1.29 is 4.39 Å². The fourth-order valence-corrected chi connectivity index (χ4v) is 1.81. The largest absolute Gasteiger partial charge is 0.398 e. The summed E-state index contributed by atoms with van der Waals surface area (Å²) in [4.78, 5) is 13.6. The molecule has 0 amide bonds. The number of rotatable bonds is 4. The van der Waals surface area contributed by atoms with Gasteiger partial charge in [-0.15, -0.1) is 0 Å². The van der Waals surface area contributed by atoms with Gasteiger partial charge < -0.3 is 15.2 Å². The second-order valence-corrected chi connectivity index (χ2v) is 4.39. The molecule has 2 aromatic rings. The molecule has 1 aromatic carbocycles. The van der Waals surface area contributed by atoms with Crippen LogP contribution in [0.3, 0.4) is 0 Å². The fraction of sp³-hybridized carbons (Fsp3) is 0.214. The summed E-state index contributed by atoms with van der Waals surface area (Å²) in [6, 6.07) is 9.28. The summed E-state index contributed by atoms with van der Waals surface area (Å²) in [7, 11) is 1.89. The molecular formula is C14H16FN3O. The predicted octanol–water partition coefficient (Wildman–Crippen LogP) is 1.71. The second kappa shape index (κ2) is 5.56. The number of pyridine rings is 1. The van der Waals surface area contributed by atoms with E-state index in [0.717, 1.165) is 5.69 Å². The third-order valence-corrected chi connectivity index (χ3v) is 2.95. The van der Waals surface area contributed by atoms with E-state index in [1.54, 1.807) is 29.0 Å². The smallest absolute Gasteiger partial charge is 0.250 e. The lowest BCUT2D eigenvalue weighted by Gasteiger charge is -2.19. The number of benzene rings is 1. The molecule has 5 heteroatoms. The Hall–Kier alpha value is -2.30. The number of nitrogens with two attached hydrogens (primary N) is 1. The summed E-state index contributed by atoms with van der Waals surface area (Å²) in [6.45, 7) is 1.16. The van der Waals surface area contributed by atoms with Gasteiger partial charge in [-0.05, 0) is 30.3 Å². The van der Waals surface area contributed by atoms with E-state index in [0.29, 0.717) is 18.8 Å². The Morgan fingerprint density at radius 2 is 1.89 bits per heavy atom. The van der Waals surface area contributed by atoms with Crippen LogP contribution in [0.2, 0.25) is 0 Å². The summed E-state index contributed by atoms with van der Waals surface area (Å²) >= 11 is 0. The lowest BCUT2D eigenvalue weighted by molar-refractivity contribution is 0.626. The van der Waals surface area contributed by atoms with E-state index >= 15 is 0 Å². The van der Waals surface area contributed by atoms with E-state index in [1.807, 2.05) is 11.9 Å². The molecule has 0 unspecified atom stereocenters. The Morgan fingerprint density at radius 1 is 1.21 bits per heavy atom. The predicted molar refractivity (Wildman–Crippen MR) is 74.8 cm³/mol. The van der Waals surface area contributed by atoms with Crippen molar-refractivity contribution in [3.05, 3.63) is 58.8 Å². The van der Waals surface area contributed by atoms with E-state index in [4.69, 9.17) is 5.73 Å². The standard InChI is InChI=1S/C14H16FN3O/c1-17(13-5-2-11(15)3-6-13)8-9-18-10-12(16)4-7-14(18)19/h2-7,10H,8-9,16H2,1H3. The van der Waals surface area contributed by atoms with Gasteiger partial charge in [0, 0.05) is 43.8 Å². The quantitative estimate of drug-likeness (QED) is 0.911. The fourth-order valence-electron chi connectivity index (χ4n) is 1.81. The van der Waals surface area contributed by atoms with Crippen LogP contribution >= 0.6 is 0 Å². The highest BCUT2D eigenvalue weighted by atomic mass is 19.1. The Bertz CT molecular complexity index is 607. The highest BCUT2D eigenvalue weighted by Crippen LogP contribution is 2.12. The highest BCUT2D eigenvalue weighted by Gasteiger charge is 2.02. The van der Waals surface area contributed by atoms with E-state index in [1.165, 1.54) is 18.2 Å². The summed E-state index contributed by atoms with van der Waals surface area (Å²) < 4.78 is 14.4. The van der Waals surface area contributed by atoms with Gasteiger partial charge in [-0.1, -0.05) is 0 Å². The van der Waals surface area contributed by atoms with E-state index in [-0.39, 0.29) is 11.4 Å². The van der Waals surface area contributed by atoms with Crippen LogP contribution in [-0.2, 0) is 6.54 Å². The third-order valence-electron chi connectivity index (χ3n) is 2.95. The van der Waals surface area contributed by atoms with Gasteiger partial charge >= 0.3 is 0 Å². The Morgan fingerprint density at radius 3 is 2.58 bits per heavy atom. The van der Waals surface area contributed by atoms with Gasteiger partial charge in [0.1, 0.15) is 5.82 Å². The first-order valence-corrected chi connectivity index (χ1v) is 5.99. The van der Waals surface area contributed by atoms with Gasteiger partial charge in [-0.25, -0.2) is 4.39 Å². The SMILES string of the molecule is CN(CCn1cc(N)ccc1=O)c1ccc(F)cc1. The number of hydrogen-bond donors (Lipinski definition) is 1. The summed E-state index contributed by atoms with van der Waals surface area (Å²) in [5, 5.41) is 0. The lowest BCUT2D eigenvalue weighted by Crippen LogP contribution is -2.28. The molecule has 2 rings (SSSR count). The van der Waals surface area contributed by atoms with E-state index in [2.05, 4.69) is 0 Å². The van der Waals surface area contributed by atoms with E-state index in [9.17, 15) is 9.18 Å². The Labute approximate surface area is 110 Å². The molecule has 0 aliphatic heterocycles. The molecule has 0 saturated carbocycles. The molecule has 4 nitrogen and oxygen atoms in total. The van der Waals surface area contributed by atoms with Crippen molar-refractivity contribution >= 4 is 11.4 Å². The molecule has 0 atom stereocenters. The lowest BCUT2D eigenvalue weighted by atomic mass is 10.3. The first-order valence-electron chi connectivity index (χ1n) is 5.99. The molecule has 19 heavy (non-hydrogen) atoms. The third kappa shape index (κ3) is 3.34. The molecule has 2 N–H and O–H groups in total. The average Bonchev–Trinajstić information content (AvgIpc) is 2.40. The maximum Gasteiger partial charge on any atom is 0.250 e.